The Morgan fingerprint density at radius 3 is 3.05 bits per heavy atom. The highest BCUT2D eigenvalue weighted by molar-refractivity contribution is 5.98. The Bertz CT molecular complexity index is 532. The van der Waals surface area contributed by atoms with Gasteiger partial charge in [0.2, 0.25) is 0 Å². The van der Waals surface area contributed by atoms with E-state index in [1.54, 1.807) is 12.1 Å². The number of fused-ring (bicyclic) bond motifs is 1. The van der Waals surface area contributed by atoms with Crippen LogP contribution in [0.3, 0.4) is 0 Å². The van der Waals surface area contributed by atoms with Gasteiger partial charge in [-0.25, -0.2) is 4.79 Å². The number of nitrogens with two attached hydrogens (primary N) is 1. The molecular weight excluding hydrogens is 266 g/mol. The average Bonchev–Trinajstić information content (AvgIpc) is 2.96. The minimum atomic E-state index is -0.344. The summed E-state index contributed by atoms with van der Waals surface area (Å²) < 4.78 is 4.85. The quantitative estimate of drug-likeness (QED) is 0.659. The van der Waals surface area contributed by atoms with Crippen molar-refractivity contribution in [3.05, 3.63) is 23.8 Å². The second kappa shape index (κ2) is 5.93. The van der Waals surface area contributed by atoms with Gasteiger partial charge in [0.1, 0.15) is 0 Å². The molecule has 5 heteroatoms. The van der Waals surface area contributed by atoms with Crippen LogP contribution >= 0.6 is 0 Å². The molecule has 2 saturated heterocycles. The van der Waals surface area contributed by atoms with Gasteiger partial charge in [0, 0.05) is 18.6 Å². The summed E-state index contributed by atoms with van der Waals surface area (Å²) in [4.78, 5) is 14.5. The van der Waals surface area contributed by atoms with E-state index in [4.69, 9.17) is 10.5 Å². The van der Waals surface area contributed by atoms with Crippen molar-refractivity contribution in [3.63, 3.8) is 0 Å². The zero-order valence-corrected chi connectivity index (χ0v) is 12.5. The number of carbonyl (C=O) groups is 1. The van der Waals surface area contributed by atoms with E-state index in [0.717, 1.165) is 25.1 Å². The lowest BCUT2D eigenvalue weighted by molar-refractivity contribution is 0.0602. The minimum Gasteiger partial charge on any atom is -0.465 e. The van der Waals surface area contributed by atoms with Crippen molar-refractivity contribution in [1.29, 1.82) is 0 Å². The lowest BCUT2D eigenvalue weighted by Crippen LogP contribution is -2.43. The maximum atomic E-state index is 11.9. The predicted molar refractivity (Wildman–Crippen MR) is 83.4 cm³/mol. The van der Waals surface area contributed by atoms with Gasteiger partial charge >= 0.3 is 5.97 Å². The third-order valence-corrected chi connectivity index (χ3v) is 4.67. The number of nitrogens with one attached hydrogen (secondary N) is 1. The van der Waals surface area contributed by atoms with E-state index < -0.39 is 0 Å². The van der Waals surface area contributed by atoms with Crippen LogP contribution in [0.1, 0.15) is 36.0 Å². The summed E-state index contributed by atoms with van der Waals surface area (Å²) >= 11 is 0. The molecule has 114 valence electrons. The van der Waals surface area contributed by atoms with Gasteiger partial charge in [-0.1, -0.05) is 6.07 Å². The molecule has 0 bridgehead atoms. The molecule has 2 aliphatic heterocycles. The van der Waals surface area contributed by atoms with Crippen LogP contribution < -0.4 is 11.1 Å². The fourth-order valence-corrected chi connectivity index (χ4v) is 3.57. The van der Waals surface area contributed by atoms with Crippen molar-refractivity contribution in [2.24, 2.45) is 0 Å². The molecule has 2 aliphatic rings. The summed E-state index contributed by atoms with van der Waals surface area (Å²) in [5.74, 6) is -0.344. The van der Waals surface area contributed by atoms with Gasteiger partial charge < -0.3 is 20.7 Å². The smallest absolute Gasteiger partial charge is 0.340 e. The Hall–Kier alpha value is -1.75. The summed E-state index contributed by atoms with van der Waals surface area (Å²) in [6.07, 6.45) is 4.80. The summed E-state index contributed by atoms with van der Waals surface area (Å²) in [5, 5.41) is 3.49. The highest BCUT2D eigenvalue weighted by Gasteiger charge is 2.32. The van der Waals surface area contributed by atoms with Gasteiger partial charge in [-0.3, -0.25) is 0 Å². The molecule has 0 spiro atoms. The molecule has 2 atom stereocenters. The van der Waals surface area contributed by atoms with Gasteiger partial charge in [-0.15, -0.1) is 0 Å². The molecule has 5 nitrogen and oxygen atoms in total. The van der Waals surface area contributed by atoms with Crippen molar-refractivity contribution in [2.75, 3.05) is 31.2 Å². The first-order valence-corrected chi connectivity index (χ1v) is 7.66. The van der Waals surface area contributed by atoms with E-state index in [1.165, 1.54) is 26.5 Å². The normalized spacial score (nSPS) is 25.4. The van der Waals surface area contributed by atoms with Crippen LogP contribution in [0.5, 0.6) is 0 Å². The second-order valence-electron chi connectivity index (χ2n) is 5.96. The zero-order chi connectivity index (χ0) is 14.8. The third-order valence-electron chi connectivity index (χ3n) is 4.67. The molecule has 21 heavy (non-hydrogen) atoms. The Kier molecular flexibility index (Phi) is 4.01. The molecule has 1 aromatic rings. The molecule has 0 radical (unpaired) electrons. The first-order valence-electron chi connectivity index (χ1n) is 7.66. The van der Waals surface area contributed by atoms with E-state index in [0.29, 0.717) is 23.3 Å². The van der Waals surface area contributed by atoms with Gasteiger partial charge in [0.15, 0.2) is 0 Å². The molecule has 0 saturated carbocycles. The molecule has 3 N–H and O–H groups in total. The number of esters is 1. The number of anilines is 2. The predicted octanol–water partition coefficient (Wildman–Crippen LogP) is 2.09. The van der Waals surface area contributed by atoms with Crippen molar-refractivity contribution in [2.45, 2.75) is 37.8 Å². The Labute approximate surface area is 125 Å². The third kappa shape index (κ3) is 2.83. The lowest BCUT2D eigenvalue weighted by atomic mass is 9.96. The van der Waals surface area contributed by atoms with Crippen LogP contribution in [0.4, 0.5) is 11.4 Å². The molecule has 0 amide bonds. The zero-order valence-electron chi connectivity index (χ0n) is 12.5. The molecule has 3 rings (SSSR count). The number of ether oxygens (including phenoxy) is 1. The number of methoxy groups -OCH3 is 1. The second-order valence-corrected chi connectivity index (χ2v) is 5.96. The van der Waals surface area contributed by atoms with Crippen LogP contribution in [-0.2, 0) is 4.74 Å². The Balaban J connectivity index is 1.76. The first kappa shape index (κ1) is 14.2. The SMILES string of the molecule is COC(=O)c1cccc(N)c1NC1CCN2CCCC2C1. The molecule has 2 heterocycles. The fourth-order valence-electron chi connectivity index (χ4n) is 3.57. The van der Waals surface area contributed by atoms with Gasteiger partial charge in [0.25, 0.3) is 0 Å². The van der Waals surface area contributed by atoms with Gasteiger partial charge in [-0.05, 0) is 44.4 Å². The number of rotatable bonds is 3. The maximum absolute atomic E-state index is 11.9. The van der Waals surface area contributed by atoms with Crippen LogP contribution in [-0.4, -0.2) is 43.2 Å². The van der Waals surface area contributed by atoms with E-state index >= 15 is 0 Å². The standard InChI is InChI=1S/C16H23N3O2/c1-21-16(20)13-5-2-6-14(17)15(13)18-11-7-9-19-8-3-4-12(19)10-11/h2,5-6,11-12,18H,3-4,7-10,17H2,1H3. The van der Waals surface area contributed by atoms with Crippen LogP contribution in [0.2, 0.25) is 0 Å². The summed E-state index contributed by atoms with van der Waals surface area (Å²) in [5.41, 5.74) is 7.90. The number of carbonyl (C=O) groups excluding carboxylic acids is 1. The summed E-state index contributed by atoms with van der Waals surface area (Å²) in [7, 11) is 1.40. The summed E-state index contributed by atoms with van der Waals surface area (Å²) in [6, 6.07) is 6.42. The first-order chi connectivity index (χ1) is 10.2. The number of benzene rings is 1. The molecule has 2 unspecified atom stereocenters. The highest BCUT2D eigenvalue weighted by Crippen LogP contribution is 2.31. The minimum absolute atomic E-state index is 0.344. The molecular formula is C16H23N3O2. The monoisotopic (exact) mass is 289 g/mol. The van der Waals surface area contributed by atoms with Gasteiger partial charge in [-0.2, -0.15) is 0 Å². The van der Waals surface area contributed by atoms with Crippen molar-refractivity contribution in [1.82, 2.24) is 4.90 Å². The van der Waals surface area contributed by atoms with E-state index in [-0.39, 0.29) is 5.97 Å². The van der Waals surface area contributed by atoms with Gasteiger partial charge in [0.05, 0.1) is 24.0 Å². The number of hydrogen-bond acceptors (Lipinski definition) is 5. The molecule has 2 fully saturated rings. The van der Waals surface area contributed by atoms with Crippen molar-refractivity contribution < 1.29 is 9.53 Å². The number of nitrogens with zero attached hydrogens (tertiary/aromatic N) is 1. The maximum Gasteiger partial charge on any atom is 0.340 e. The lowest BCUT2D eigenvalue weighted by Gasteiger charge is -2.36. The Morgan fingerprint density at radius 2 is 2.24 bits per heavy atom. The highest BCUT2D eigenvalue weighted by atomic mass is 16.5. The molecule has 0 aliphatic carbocycles. The Morgan fingerprint density at radius 1 is 1.38 bits per heavy atom. The average molecular weight is 289 g/mol. The van der Waals surface area contributed by atoms with Crippen LogP contribution in [0.15, 0.2) is 18.2 Å². The number of para-hydroxylation sites is 1. The van der Waals surface area contributed by atoms with E-state index in [2.05, 4.69) is 10.2 Å². The van der Waals surface area contributed by atoms with Crippen LogP contribution in [0.25, 0.3) is 0 Å². The summed E-state index contributed by atoms with van der Waals surface area (Å²) in [6.45, 7) is 2.36. The number of nitrogen functional groups attached to an aromatic ring is 1. The topological polar surface area (TPSA) is 67.6 Å². The van der Waals surface area contributed by atoms with Crippen molar-refractivity contribution in [3.8, 4) is 0 Å². The molecule has 0 aromatic heterocycles. The fraction of sp³-hybridized carbons (Fsp3) is 0.562. The van der Waals surface area contributed by atoms with Crippen LogP contribution in [0, 0.1) is 0 Å². The van der Waals surface area contributed by atoms with E-state index in [1.807, 2.05) is 6.07 Å². The molecule has 1 aromatic carbocycles. The number of hydrogen-bond donors (Lipinski definition) is 2. The van der Waals surface area contributed by atoms with E-state index in [9.17, 15) is 4.79 Å². The largest absolute Gasteiger partial charge is 0.465 e. The number of piperidine rings is 1. The van der Waals surface area contributed by atoms with Crippen molar-refractivity contribution >= 4 is 17.3 Å².